The summed E-state index contributed by atoms with van der Waals surface area (Å²) in [7, 11) is 0. The molecule has 1 aliphatic heterocycles. The van der Waals surface area contributed by atoms with Crippen molar-refractivity contribution in [1.82, 2.24) is 5.32 Å². The summed E-state index contributed by atoms with van der Waals surface area (Å²) in [5, 5.41) is 22.3. The number of hydrogen-bond donors (Lipinski definition) is 3. The molecule has 3 N–H and O–H groups in total. The molecule has 2 amide bonds. The average Bonchev–Trinajstić information content (AvgIpc) is 3.00. The predicted molar refractivity (Wildman–Crippen MR) is 114 cm³/mol. The summed E-state index contributed by atoms with van der Waals surface area (Å²) >= 11 is 0. The van der Waals surface area contributed by atoms with Crippen molar-refractivity contribution in [3.05, 3.63) is 83.5 Å². The van der Waals surface area contributed by atoms with Crippen LogP contribution >= 0.6 is 0 Å². The number of hydrogen-bond acceptors (Lipinski definition) is 4. The Morgan fingerprint density at radius 1 is 0.867 bits per heavy atom. The van der Waals surface area contributed by atoms with Gasteiger partial charge in [-0.05, 0) is 41.8 Å². The zero-order valence-electron chi connectivity index (χ0n) is 16.9. The quantitative estimate of drug-likeness (QED) is 0.501. The smallest absolute Gasteiger partial charge is 0.254 e. The zero-order chi connectivity index (χ0) is 21.4. The number of nitrogens with one attached hydrogen (secondary N) is 1. The fourth-order valence-corrected chi connectivity index (χ4v) is 5.02. The van der Waals surface area contributed by atoms with Crippen LogP contribution in [0.2, 0.25) is 0 Å². The monoisotopic (exact) mass is 403 g/mol. The topological polar surface area (TPSA) is 86.6 Å². The molecule has 154 valence electrons. The Morgan fingerprint density at radius 2 is 1.43 bits per heavy atom. The summed E-state index contributed by atoms with van der Waals surface area (Å²) in [5.74, 6) is -0.410. The summed E-state index contributed by atoms with van der Waals surface area (Å²) in [6.07, 6.45) is 8.78. The predicted octanol–water partition coefficient (Wildman–Crippen LogP) is 4.10. The van der Waals surface area contributed by atoms with Gasteiger partial charge in [0.05, 0.1) is 10.8 Å². The van der Waals surface area contributed by atoms with Crippen LogP contribution in [0.5, 0.6) is 11.5 Å². The minimum Gasteiger partial charge on any atom is -0.508 e. The van der Waals surface area contributed by atoms with Crippen molar-refractivity contribution in [2.45, 2.75) is 38.0 Å². The van der Waals surface area contributed by atoms with Gasteiger partial charge in [-0.15, -0.1) is 0 Å². The molecule has 0 bridgehead atoms. The van der Waals surface area contributed by atoms with E-state index >= 15 is 0 Å². The number of phenolic OH excluding ortho intramolecular Hbond substituents is 2. The lowest BCUT2D eigenvalue weighted by atomic mass is 9.51. The molecule has 5 nitrogen and oxygen atoms in total. The molecule has 1 unspecified atom stereocenters. The SMILES string of the molecule is CCCCCC12C(=O)NC(=O)C1=CC=CC2(c1ccc(O)cc1)c1ccc(O)cc1. The van der Waals surface area contributed by atoms with E-state index in [1.807, 2.05) is 12.2 Å². The van der Waals surface area contributed by atoms with E-state index in [0.717, 1.165) is 30.4 Å². The van der Waals surface area contributed by atoms with Gasteiger partial charge in [-0.3, -0.25) is 14.9 Å². The lowest BCUT2D eigenvalue weighted by molar-refractivity contribution is -0.130. The van der Waals surface area contributed by atoms with Gasteiger partial charge in [0.25, 0.3) is 5.91 Å². The van der Waals surface area contributed by atoms with Gasteiger partial charge in [0.1, 0.15) is 11.5 Å². The zero-order valence-corrected chi connectivity index (χ0v) is 16.9. The van der Waals surface area contributed by atoms with Crippen molar-refractivity contribution in [3.8, 4) is 11.5 Å². The van der Waals surface area contributed by atoms with Crippen LogP contribution < -0.4 is 5.32 Å². The first-order valence-corrected chi connectivity index (χ1v) is 10.3. The van der Waals surface area contributed by atoms with Gasteiger partial charge in [-0.2, -0.15) is 0 Å². The second kappa shape index (κ2) is 7.48. The van der Waals surface area contributed by atoms with Gasteiger partial charge < -0.3 is 10.2 Å². The van der Waals surface area contributed by atoms with Gasteiger partial charge in [0.15, 0.2) is 0 Å². The summed E-state index contributed by atoms with van der Waals surface area (Å²) < 4.78 is 0. The van der Waals surface area contributed by atoms with E-state index < -0.39 is 10.8 Å². The molecule has 1 heterocycles. The van der Waals surface area contributed by atoms with Crippen molar-refractivity contribution >= 4 is 11.8 Å². The van der Waals surface area contributed by atoms with Crippen molar-refractivity contribution < 1.29 is 19.8 Å². The van der Waals surface area contributed by atoms with Crippen molar-refractivity contribution in [2.24, 2.45) is 5.41 Å². The number of fused-ring (bicyclic) bond motifs is 1. The van der Waals surface area contributed by atoms with E-state index in [4.69, 9.17) is 0 Å². The summed E-state index contributed by atoms with van der Waals surface area (Å²) in [6.45, 7) is 2.10. The number of phenols is 2. The molecule has 0 spiro atoms. The molecule has 30 heavy (non-hydrogen) atoms. The second-order valence-electron chi connectivity index (χ2n) is 7.99. The molecule has 1 fully saturated rings. The number of allylic oxidation sites excluding steroid dienone is 3. The Balaban J connectivity index is 2.04. The minimum atomic E-state index is -1.11. The van der Waals surface area contributed by atoms with Crippen LogP contribution in [0.1, 0.15) is 43.7 Å². The molecule has 1 atom stereocenters. The Kier molecular flexibility index (Phi) is 4.98. The van der Waals surface area contributed by atoms with Gasteiger partial charge in [-0.25, -0.2) is 0 Å². The summed E-state index contributed by atoms with van der Waals surface area (Å²) in [4.78, 5) is 26.3. The molecule has 2 aromatic carbocycles. The lowest BCUT2D eigenvalue weighted by Gasteiger charge is -2.48. The number of imide groups is 1. The number of amides is 2. The van der Waals surface area contributed by atoms with E-state index in [0.29, 0.717) is 12.0 Å². The average molecular weight is 403 g/mol. The fraction of sp³-hybridized carbons (Fsp3) is 0.280. The molecule has 2 aliphatic rings. The first kappa shape index (κ1) is 20.0. The highest BCUT2D eigenvalue weighted by Crippen LogP contribution is 2.59. The number of benzene rings is 2. The molecule has 1 aliphatic carbocycles. The summed E-state index contributed by atoms with van der Waals surface area (Å²) in [5.41, 5.74) is 0.000334. The third-order valence-corrected chi connectivity index (χ3v) is 6.40. The van der Waals surface area contributed by atoms with Gasteiger partial charge >= 0.3 is 0 Å². The second-order valence-corrected chi connectivity index (χ2v) is 7.99. The van der Waals surface area contributed by atoms with E-state index in [-0.39, 0.29) is 23.3 Å². The Labute approximate surface area is 175 Å². The molecule has 1 saturated heterocycles. The van der Waals surface area contributed by atoms with Crippen LogP contribution in [0, 0.1) is 5.41 Å². The van der Waals surface area contributed by atoms with E-state index in [2.05, 4.69) is 12.2 Å². The third kappa shape index (κ3) is 2.76. The molecule has 0 saturated carbocycles. The number of rotatable bonds is 6. The van der Waals surface area contributed by atoms with Gasteiger partial charge in [0.2, 0.25) is 5.91 Å². The fourth-order valence-electron chi connectivity index (χ4n) is 5.02. The van der Waals surface area contributed by atoms with Crippen LogP contribution in [0.25, 0.3) is 0 Å². The highest BCUT2D eigenvalue weighted by molar-refractivity contribution is 6.19. The summed E-state index contributed by atoms with van der Waals surface area (Å²) in [6, 6.07) is 13.6. The number of aromatic hydroxyl groups is 2. The molecular weight excluding hydrogens is 378 g/mol. The van der Waals surface area contributed by atoms with Crippen LogP contribution in [-0.4, -0.2) is 22.0 Å². The highest BCUT2D eigenvalue weighted by atomic mass is 16.3. The molecule has 2 aromatic rings. The van der Waals surface area contributed by atoms with Crippen molar-refractivity contribution in [1.29, 1.82) is 0 Å². The largest absolute Gasteiger partial charge is 0.508 e. The van der Waals surface area contributed by atoms with Crippen molar-refractivity contribution in [2.75, 3.05) is 0 Å². The normalized spacial score (nSPS) is 21.8. The van der Waals surface area contributed by atoms with Crippen LogP contribution in [-0.2, 0) is 15.0 Å². The third-order valence-electron chi connectivity index (χ3n) is 6.40. The Morgan fingerprint density at radius 3 is 1.97 bits per heavy atom. The number of carbonyl (C=O) groups excluding carboxylic acids is 2. The Bertz CT molecular complexity index is 988. The van der Waals surface area contributed by atoms with E-state index in [1.54, 1.807) is 54.6 Å². The van der Waals surface area contributed by atoms with Crippen LogP contribution in [0.4, 0.5) is 0 Å². The Hall–Kier alpha value is -3.34. The van der Waals surface area contributed by atoms with Crippen molar-refractivity contribution in [3.63, 3.8) is 0 Å². The highest BCUT2D eigenvalue weighted by Gasteiger charge is 2.64. The number of unbranched alkanes of at least 4 members (excludes halogenated alkanes) is 2. The standard InChI is InChI=1S/C25H25NO4/c1-2-3-4-15-25-21(22(29)26-23(25)30)6-5-16-24(25,17-7-11-19(27)12-8-17)18-9-13-20(28)14-10-18/h5-14,16,27-28H,2-4,15H2,1H3,(H,26,29,30). The first-order chi connectivity index (χ1) is 14.5. The maximum absolute atomic E-state index is 13.5. The molecule has 0 aromatic heterocycles. The first-order valence-electron chi connectivity index (χ1n) is 10.3. The molecule has 4 rings (SSSR count). The number of carbonyl (C=O) groups is 2. The lowest BCUT2D eigenvalue weighted by Crippen LogP contribution is -2.51. The van der Waals surface area contributed by atoms with Crippen LogP contribution in [0.3, 0.4) is 0 Å². The molecule has 5 heteroatoms. The van der Waals surface area contributed by atoms with E-state index in [1.165, 1.54) is 0 Å². The maximum atomic E-state index is 13.5. The maximum Gasteiger partial charge on any atom is 0.254 e. The van der Waals surface area contributed by atoms with Gasteiger partial charge in [0, 0.05) is 5.57 Å². The van der Waals surface area contributed by atoms with Crippen LogP contribution in [0.15, 0.2) is 72.3 Å². The van der Waals surface area contributed by atoms with E-state index in [9.17, 15) is 19.8 Å². The minimum absolute atomic E-state index is 0.127. The molecule has 0 radical (unpaired) electrons. The van der Waals surface area contributed by atoms with Gasteiger partial charge in [-0.1, -0.05) is 68.7 Å². The molecular formula is C25H25NO4.